The van der Waals surface area contributed by atoms with Gasteiger partial charge < -0.3 is 14.6 Å². The topological polar surface area (TPSA) is 62.4 Å². The first kappa shape index (κ1) is 25.1. The first-order valence-corrected chi connectivity index (χ1v) is 11.9. The number of esters is 1. The summed E-state index contributed by atoms with van der Waals surface area (Å²) in [5.41, 5.74) is 1.01. The number of ether oxygens (including phenoxy) is 1. The summed E-state index contributed by atoms with van der Waals surface area (Å²) >= 11 is 5.86. The fourth-order valence-corrected chi connectivity index (χ4v) is 4.92. The summed E-state index contributed by atoms with van der Waals surface area (Å²) in [6.07, 6.45) is -1.87. The number of H-pyrrole nitrogens is 1. The molecule has 0 spiro atoms. The van der Waals surface area contributed by atoms with Crippen molar-refractivity contribution in [3.05, 3.63) is 70.4 Å². The average Bonchev–Trinajstić information content (AvgIpc) is 3.26. The van der Waals surface area contributed by atoms with Crippen molar-refractivity contribution in [2.24, 2.45) is 5.92 Å². The van der Waals surface area contributed by atoms with Gasteiger partial charge in [0.05, 0.1) is 23.1 Å². The van der Waals surface area contributed by atoms with Crippen LogP contribution < -0.4 is 0 Å². The van der Waals surface area contributed by atoms with Crippen LogP contribution in [0.5, 0.6) is 0 Å². The van der Waals surface area contributed by atoms with Gasteiger partial charge in [0.15, 0.2) is 0 Å². The summed E-state index contributed by atoms with van der Waals surface area (Å²) in [6, 6.07) is 11.3. The number of likely N-dealkylation sites (tertiary alicyclic amines) is 1. The number of nitrogens with one attached hydrogen (secondary N) is 1. The number of aromatic amines is 1. The Kier molecular flexibility index (Phi) is 7.40. The predicted molar refractivity (Wildman–Crippen MR) is 127 cm³/mol. The maximum atomic E-state index is 13.6. The van der Waals surface area contributed by atoms with Crippen LogP contribution in [0.15, 0.2) is 48.7 Å². The van der Waals surface area contributed by atoms with Gasteiger partial charge in [-0.3, -0.25) is 9.59 Å². The number of amides is 1. The maximum absolute atomic E-state index is 13.6. The highest BCUT2D eigenvalue weighted by Crippen LogP contribution is 2.40. The van der Waals surface area contributed by atoms with Crippen molar-refractivity contribution in [3.63, 3.8) is 0 Å². The molecule has 1 aliphatic heterocycles. The second-order valence-electron chi connectivity index (χ2n) is 8.69. The van der Waals surface area contributed by atoms with E-state index >= 15 is 0 Å². The molecule has 186 valence electrons. The van der Waals surface area contributed by atoms with Gasteiger partial charge in [0.1, 0.15) is 0 Å². The number of benzene rings is 2. The summed E-state index contributed by atoms with van der Waals surface area (Å²) < 4.78 is 45.9. The smallest absolute Gasteiger partial charge is 0.417 e. The Bertz CT molecular complexity index is 1220. The van der Waals surface area contributed by atoms with Crippen molar-refractivity contribution in [1.82, 2.24) is 9.88 Å². The van der Waals surface area contributed by atoms with Crippen LogP contribution >= 0.6 is 11.6 Å². The molecule has 0 saturated carbocycles. The van der Waals surface area contributed by atoms with Gasteiger partial charge in [-0.1, -0.05) is 35.9 Å². The fourth-order valence-electron chi connectivity index (χ4n) is 4.69. The number of alkyl halides is 3. The highest BCUT2D eigenvalue weighted by molar-refractivity contribution is 6.31. The summed E-state index contributed by atoms with van der Waals surface area (Å²) in [7, 11) is 0. The largest absolute Gasteiger partial charge is 0.466 e. The Hall–Kier alpha value is -3.00. The Balaban J connectivity index is 1.63. The molecule has 5 nitrogen and oxygen atoms in total. The number of carbonyl (C=O) groups excluding carboxylic acids is 2. The normalized spacial score (nSPS) is 15.9. The minimum atomic E-state index is -4.61. The molecule has 2 heterocycles. The van der Waals surface area contributed by atoms with E-state index in [9.17, 15) is 22.8 Å². The van der Waals surface area contributed by atoms with Gasteiger partial charge in [-0.2, -0.15) is 13.2 Å². The summed E-state index contributed by atoms with van der Waals surface area (Å²) in [5.74, 6) is -1.28. The van der Waals surface area contributed by atoms with E-state index in [2.05, 4.69) is 4.98 Å². The molecule has 1 atom stereocenters. The van der Waals surface area contributed by atoms with Crippen LogP contribution in [0, 0.1) is 5.92 Å². The first-order chi connectivity index (χ1) is 16.7. The summed E-state index contributed by atoms with van der Waals surface area (Å²) in [4.78, 5) is 30.2. The van der Waals surface area contributed by atoms with Crippen LogP contribution in [-0.4, -0.2) is 41.5 Å². The molecule has 1 fully saturated rings. The number of rotatable bonds is 6. The van der Waals surface area contributed by atoms with E-state index in [4.69, 9.17) is 16.3 Å². The quantitative estimate of drug-likeness (QED) is 0.407. The van der Waals surface area contributed by atoms with Crippen molar-refractivity contribution in [2.75, 3.05) is 19.7 Å². The Morgan fingerprint density at radius 1 is 1.17 bits per heavy atom. The molecule has 1 aromatic heterocycles. The van der Waals surface area contributed by atoms with Gasteiger partial charge in [0.2, 0.25) is 5.91 Å². The second kappa shape index (κ2) is 10.3. The van der Waals surface area contributed by atoms with Gasteiger partial charge in [0, 0.05) is 42.5 Å². The Labute approximate surface area is 206 Å². The number of nitrogens with zero attached hydrogens (tertiary/aromatic N) is 1. The van der Waals surface area contributed by atoms with Gasteiger partial charge in [-0.15, -0.1) is 0 Å². The number of halogens is 4. The minimum absolute atomic E-state index is 0.00908. The lowest BCUT2D eigenvalue weighted by atomic mass is 9.86. The molecule has 4 rings (SSSR count). The van der Waals surface area contributed by atoms with Crippen molar-refractivity contribution >= 4 is 34.4 Å². The predicted octanol–water partition coefficient (Wildman–Crippen LogP) is 6.16. The number of carbonyl (C=O) groups is 2. The van der Waals surface area contributed by atoms with Crippen LogP contribution in [0.2, 0.25) is 5.02 Å². The standard InChI is InChI=1S/C26H26ClF3N2O3/c1-2-35-25(34)16-9-11-32(12-10-16)24(33)14-19(20-15-31-23-6-4-3-5-18(20)23)17-7-8-22(27)21(13-17)26(28,29)30/h3-8,13,15-16,19,31H,2,9-12,14H2,1H3. The zero-order chi connectivity index (χ0) is 25.2. The second-order valence-corrected chi connectivity index (χ2v) is 9.10. The molecule has 35 heavy (non-hydrogen) atoms. The van der Waals surface area contributed by atoms with E-state index in [1.165, 1.54) is 6.07 Å². The molecule has 1 saturated heterocycles. The van der Waals surface area contributed by atoms with Crippen molar-refractivity contribution < 1.29 is 27.5 Å². The molecule has 3 aromatic rings. The van der Waals surface area contributed by atoms with Crippen LogP contribution in [0.3, 0.4) is 0 Å². The molecular formula is C26H26ClF3N2O3. The number of para-hydroxylation sites is 1. The van der Waals surface area contributed by atoms with Gasteiger partial charge in [-0.05, 0) is 49.1 Å². The molecule has 1 amide bonds. The number of hydrogen-bond acceptors (Lipinski definition) is 3. The first-order valence-electron chi connectivity index (χ1n) is 11.6. The maximum Gasteiger partial charge on any atom is 0.417 e. The average molecular weight is 507 g/mol. The lowest BCUT2D eigenvalue weighted by Crippen LogP contribution is -2.41. The van der Waals surface area contributed by atoms with Crippen LogP contribution in [0.25, 0.3) is 10.9 Å². The lowest BCUT2D eigenvalue weighted by molar-refractivity contribution is -0.151. The van der Waals surface area contributed by atoms with Crippen molar-refractivity contribution in [1.29, 1.82) is 0 Å². The summed E-state index contributed by atoms with van der Waals surface area (Å²) in [5, 5.41) is 0.459. The summed E-state index contributed by atoms with van der Waals surface area (Å²) in [6.45, 7) is 2.86. The third kappa shape index (κ3) is 5.48. The molecule has 1 N–H and O–H groups in total. The zero-order valence-corrected chi connectivity index (χ0v) is 20.0. The molecule has 2 aromatic carbocycles. The van der Waals surface area contributed by atoms with E-state index in [1.807, 2.05) is 24.3 Å². The fraction of sp³-hybridized carbons (Fsp3) is 0.385. The van der Waals surface area contributed by atoms with E-state index < -0.39 is 17.7 Å². The lowest BCUT2D eigenvalue weighted by Gasteiger charge is -2.32. The number of piperidine rings is 1. The van der Waals surface area contributed by atoms with E-state index in [-0.39, 0.29) is 29.2 Å². The molecule has 9 heteroatoms. The van der Waals surface area contributed by atoms with Gasteiger partial charge >= 0.3 is 12.1 Å². The number of aromatic nitrogens is 1. The molecule has 1 unspecified atom stereocenters. The minimum Gasteiger partial charge on any atom is -0.466 e. The third-order valence-corrected chi connectivity index (χ3v) is 6.87. The number of fused-ring (bicyclic) bond motifs is 1. The zero-order valence-electron chi connectivity index (χ0n) is 19.2. The van der Waals surface area contributed by atoms with Crippen molar-refractivity contribution in [2.45, 2.75) is 38.3 Å². The van der Waals surface area contributed by atoms with Crippen LogP contribution in [-0.2, 0) is 20.5 Å². The molecule has 0 bridgehead atoms. The van der Waals surface area contributed by atoms with Gasteiger partial charge in [-0.25, -0.2) is 0 Å². The van der Waals surface area contributed by atoms with Gasteiger partial charge in [0.25, 0.3) is 0 Å². The Morgan fingerprint density at radius 2 is 1.89 bits per heavy atom. The SMILES string of the molecule is CCOC(=O)C1CCN(C(=O)CC(c2ccc(Cl)c(C(F)(F)F)c2)c2c[nH]c3ccccc23)CC1. The van der Waals surface area contributed by atoms with Crippen LogP contribution in [0.1, 0.15) is 48.8 Å². The van der Waals surface area contributed by atoms with E-state index in [1.54, 1.807) is 24.1 Å². The molecule has 0 aliphatic carbocycles. The Morgan fingerprint density at radius 3 is 2.57 bits per heavy atom. The van der Waals surface area contributed by atoms with E-state index in [0.29, 0.717) is 38.1 Å². The highest BCUT2D eigenvalue weighted by atomic mass is 35.5. The van der Waals surface area contributed by atoms with E-state index in [0.717, 1.165) is 22.5 Å². The number of hydrogen-bond donors (Lipinski definition) is 1. The van der Waals surface area contributed by atoms with Crippen LogP contribution in [0.4, 0.5) is 13.2 Å². The molecular weight excluding hydrogens is 481 g/mol. The molecule has 1 aliphatic rings. The highest BCUT2D eigenvalue weighted by Gasteiger charge is 2.35. The van der Waals surface area contributed by atoms with Crippen molar-refractivity contribution in [3.8, 4) is 0 Å². The third-order valence-electron chi connectivity index (χ3n) is 6.54. The molecule has 0 radical (unpaired) electrons. The monoisotopic (exact) mass is 506 g/mol.